The summed E-state index contributed by atoms with van der Waals surface area (Å²) < 4.78 is 5.23. The minimum absolute atomic E-state index is 0.0922. The molecule has 2 heterocycles. The number of hydrogen-bond acceptors (Lipinski definition) is 4. The number of allylic oxidation sites excluding steroid dienone is 4. The lowest BCUT2D eigenvalue weighted by molar-refractivity contribution is -0.117. The maximum absolute atomic E-state index is 12.0. The van der Waals surface area contributed by atoms with Gasteiger partial charge in [-0.25, -0.2) is 4.98 Å². The zero-order valence-electron chi connectivity index (χ0n) is 12.9. The van der Waals surface area contributed by atoms with E-state index < -0.39 is 0 Å². The van der Waals surface area contributed by atoms with Crippen LogP contribution in [0.25, 0.3) is 16.0 Å². The Hall–Kier alpha value is -2.14. The summed E-state index contributed by atoms with van der Waals surface area (Å²) in [5, 5.41) is 3.65. The van der Waals surface area contributed by atoms with Crippen molar-refractivity contribution in [1.82, 2.24) is 4.98 Å². The van der Waals surface area contributed by atoms with Crippen molar-refractivity contribution < 1.29 is 9.21 Å². The number of thiazole rings is 1. The van der Waals surface area contributed by atoms with E-state index in [0.717, 1.165) is 35.4 Å². The van der Waals surface area contributed by atoms with E-state index in [1.807, 2.05) is 6.07 Å². The minimum atomic E-state index is 0.0922. The van der Waals surface area contributed by atoms with Gasteiger partial charge in [-0.05, 0) is 36.8 Å². The number of hydrogen-bond donors (Lipinski definition) is 1. The number of carbonyl (C=O) groups excluding carboxylic acids is 1. The molecule has 0 radical (unpaired) electrons. The van der Waals surface area contributed by atoms with Gasteiger partial charge in [-0.15, -0.1) is 0 Å². The SMILES string of the molecule is CC1CC=CC=C1c1nc(NC(=O)C2CC2)sc1-c1ccoc1. The highest BCUT2D eigenvalue weighted by Crippen LogP contribution is 2.41. The number of nitrogens with one attached hydrogen (secondary N) is 1. The number of furan rings is 1. The molecule has 4 nitrogen and oxygen atoms in total. The first-order chi connectivity index (χ1) is 11.2. The van der Waals surface area contributed by atoms with Crippen LogP contribution in [-0.4, -0.2) is 10.9 Å². The first-order valence-corrected chi connectivity index (χ1v) is 8.75. The zero-order valence-corrected chi connectivity index (χ0v) is 13.7. The molecule has 1 amide bonds. The quantitative estimate of drug-likeness (QED) is 0.883. The molecule has 1 unspecified atom stereocenters. The maximum Gasteiger partial charge on any atom is 0.229 e. The van der Waals surface area contributed by atoms with E-state index in [2.05, 4.69) is 30.5 Å². The number of aromatic nitrogens is 1. The fraction of sp³-hybridized carbons (Fsp3) is 0.333. The van der Waals surface area contributed by atoms with Crippen LogP contribution in [0.5, 0.6) is 0 Å². The first-order valence-electron chi connectivity index (χ1n) is 7.93. The molecule has 1 saturated carbocycles. The summed E-state index contributed by atoms with van der Waals surface area (Å²) in [6, 6.07) is 1.94. The highest BCUT2D eigenvalue weighted by atomic mass is 32.1. The summed E-state index contributed by atoms with van der Waals surface area (Å²) >= 11 is 1.52. The maximum atomic E-state index is 12.0. The van der Waals surface area contributed by atoms with Gasteiger partial charge < -0.3 is 9.73 Å². The van der Waals surface area contributed by atoms with Crippen molar-refractivity contribution >= 4 is 27.9 Å². The molecule has 0 saturated heterocycles. The third-order valence-electron chi connectivity index (χ3n) is 4.29. The Morgan fingerprint density at radius 2 is 2.30 bits per heavy atom. The molecule has 0 spiro atoms. The third kappa shape index (κ3) is 2.88. The second kappa shape index (κ2) is 5.81. The summed E-state index contributed by atoms with van der Waals surface area (Å²) in [6.45, 7) is 2.20. The topological polar surface area (TPSA) is 55.1 Å². The predicted octanol–water partition coefficient (Wildman–Crippen LogP) is 4.73. The Morgan fingerprint density at radius 1 is 1.43 bits per heavy atom. The van der Waals surface area contributed by atoms with Gasteiger partial charge in [0.15, 0.2) is 5.13 Å². The monoisotopic (exact) mass is 326 g/mol. The molecule has 118 valence electrons. The van der Waals surface area contributed by atoms with Gasteiger partial charge in [0.2, 0.25) is 5.91 Å². The molecule has 2 aliphatic rings. The number of rotatable bonds is 4. The number of amides is 1. The third-order valence-corrected chi connectivity index (χ3v) is 5.31. The molecule has 23 heavy (non-hydrogen) atoms. The molecular formula is C18H18N2O2S. The van der Waals surface area contributed by atoms with Gasteiger partial charge in [0.05, 0.1) is 23.1 Å². The fourth-order valence-corrected chi connectivity index (χ4v) is 3.75. The molecular weight excluding hydrogens is 308 g/mol. The van der Waals surface area contributed by atoms with Crippen LogP contribution < -0.4 is 5.32 Å². The van der Waals surface area contributed by atoms with Crippen LogP contribution in [0.4, 0.5) is 5.13 Å². The second-order valence-electron chi connectivity index (χ2n) is 6.16. The van der Waals surface area contributed by atoms with Crippen molar-refractivity contribution in [3.8, 4) is 10.4 Å². The standard InChI is InChI=1S/C18H18N2O2S/c1-11-4-2-3-5-14(11)15-16(13-8-9-22-10-13)23-18(19-15)20-17(21)12-6-7-12/h2-3,5,8-12H,4,6-7H2,1H3,(H,19,20,21). The van der Waals surface area contributed by atoms with Crippen LogP contribution >= 0.6 is 11.3 Å². The first kappa shape index (κ1) is 14.5. The van der Waals surface area contributed by atoms with Crippen LogP contribution in [0.15, 0.2) is 41.2 Å². The van der Waals surface area contributed by atoms with E-state index in [-0.39, 0.29) is 11.8 Å². The van der Waals surface area contributed by atoms with E-state index >= 15 is 0 Å². The van der Waals surface area contributed by atoms with Crippen LogP contribution in [0.1, 0.15) is 31.9 Å². The smallest absolute Gasteiger partial charge is 0.229 e. The molecule has 5 heteroatoms. The Bertz CT molecular complexity index is 782. The molecule has 2 aromatic heterocycles. The highest BCUT2D eigenvalue weighted by molar-refractivity contribution is 7.19. The van der Waals surface area contributed by atoms with E-state index in [0.29, 0.717) is 11.0 Å². The lowest BCUT2D eigenvalue weighted by Crippen LogP contribution is -2.13. The van der Waals surface area contributed by atoms with E-state index in [4.69, 9.17) is 9.40 Å². The summed E-state index contributed by atoms with van der Waals surface area (Å²) in [5.41, 5.74) is 3.18. The lowest BCUT2D eigenvalue weighted by atomic mass is 9.90. The molecule has 0 aromatic carbocycles. The number of carbonyl (C=O) groups is 1. The van der Waals surface area contributed by atoms with Crippen LogP contribution in [-0.2, 0) is 4.79 Å². The molecule has 1 fully saturated rings. The number of anilines is 1. The van der Waals surface area contributed by atoms with Crippen molar-refractivity contribution in [2.24, 2.45) is 11.8 Å². The Kier molecular flexibility index (Phi) is 3.65. The van der Waals surface area contributed by atoms with Crippen molar-refractivity contribution in [3.63, 3.8) is 0 Å². The summed E-state index contributed by atoms with van der Waals surface area (Å²) in [6.07, 6.45) is 12.8. The normalized spacial score (nSPS) is 20.4. The van der Waals surface area contributed by atoms with Crippen LogP contribution in [0, 0.1) is 11.8 Å². The summed E-state index contributed by atoms with van der Waals surface area (Å²) in [7, 11) is 0. The Balaban J connectivity index is 1.73. The molecule has 2 aliphatic carbocycles. The van der Waals surface area contributed by atoms with E-state index in [9.17, 15) is 4.79 Å². The largest absolute Gasteiger partial charge is 0.472 e. The zero-order chi connectivity index (χ0) is 15.8. The Labute approximate surface area is 138 Å². The van der Waals surface area contributed by atoms with Crippen molar-refractivity contribution in [1.29, 1.82) is 0 Å². The minimum Gasteiger partial charge on any atom is -0.472 e. The second-order valence-corrected chi connectivity index (χ2v) is 7.16. The van der Waals surface area contributed by atoms with E-state index in [1.165, 1.54) is 16.9 Å². The molecule has 0 aliphatic heterocycles. The Morgan fingerprint density at radius 3 is 3.00 bits per heavy atom. The van der Waals surface area contributed by atoms with E-state index in [1.54, 1.807) is 12.5 Å². The lowest BCUT2D eigenvalue weighted by Gasteiger charge is -2.16. The molecule has 4 rings (SSSR count). The van der Waals surface area contributed by atoms with Gasteiger partial charge in [0.1, 0.15) is 0 Å². The molecule has 1 N–H and O–H groups in total. The summed E-state index contributed by atoms with van der Waals surface area (Å²) in [4.78, 5) is 17.8. The van der Waals surface area contributed by atoms with Crippen molar-refractivity contribution in [2.45, 2.75) is 26.2 Å². The molecule has 0 bridgehead atoms. The van der Waals surface area contributed by atoms with Crippen LogP contribution in [0.2, 0.25) is 0 Å². The number of nitrogens with zero attached hydrogens (tertiary/aromatic N) is 1. The van der Waals surface area contributed by atoms with Gasteiger partial charge in [0.25, 0.3) is 0 Å². The average Bonchev–Trinajstić information content (AvgIpc) is 3.10. The molecule has 1 atom stereocenters. The van der Waals surface area contributed by atoms with Gasteiger partial charge in [-0.1, -0.05) is 36.5 Å². The van der Waals surface area contributed by atoms with Crippen molar-refractivity contribution in [2.75, 3.05) is 5.32 Å². The highest BCUT2D eigenvalue weighted by Gasteiger charge is 2.31. The van der Waals surface area contributed by atoms with Gasteiger partial charge >= 0.3 is 0 Å². The van der Waals surface area contributed by atoms with Crippen LogP contribution in [0.3, 0.4) is 0 Å². The summed E-state index contributed by atoms with van der Waals surface area (Å²) in [5.74, 6) is 0.685. The van der Waals surface area contributed by atoms with Gasteiger partial charge in [-0.2, -0.15) is 0 Å². The van der Waals surface area contributed by atoms with Crippen molar-refractivity contribution in [3.05, 3.63) is 42.5 Å². The van der Waals surface area contributed by atoms with Gasteiger partial charge in [0, 0.05) is 11.5 Å². The predicted molar refractivity (Wildman–Crippen MR) is 92.1 cm³/mol. The average molecular weight is 326 g/mol. The fourth-order valence-electron chi connectivity index (χ4n) is 2.77. The molecule has 2 aromatic rings. The van der Waals surface area contributed by atoms with Gasteiger partial charge in [-0.3, -0.25) is 4.79 Å².